The maximum atomic E-state index is 10.3. The van der Waals surface area contributed by atoms with Crippen LogP contribution in [0.1, 0.15) is 23.3 Å². The van der Waals surface area contributed by atoms with E-state index in [-0.39, 0.29) is 5.75 Å². The van der Waals surface area contributed by atoms with E-state index >= 15 is 0 Å². The minimum Gasteiger partial charge on any atom is -0.502 e. The maximum Gasteiger partial charge on any atom is 0.202 e. The van der Waals surface area contributed by atoms with Crippen molar-refractivity contribution in [3.05, 3.63) is 34.6 Å². The number of thiophene rings is 1. The highest BCUT2D eigenvalue weighted by Crippen LogP contribution is 2.41. The zero-order valence-electron chi connectivity index (χ0n) is 14.8. The van der Waals surface area contributed by atoms with Gasteiger partial charge in [0.25, 0.3) is 0 Å². The fourth-order valence-corrected chi connectivity index (χ4v) is 4.77. The third-order valence-corrected chi connectivity index (χ3v) is 6.57. The summed E-state index contributed by atoms with van der Waals surface area (Å²) in [5.74, 6) is 1.76. The first-order chi connectivity index (χ1) is 12.7. The summed E-state index contributed by atoms with van der Waals surface area (Å²) in [5, 5.41) is 11.9. The monoisotopic (exact) mass is 389 g/mol. The summed E-state index contributed by atoms with van der Waals surface area (Å²) in [6.45, 7) is 7.09. The third-order valence-electron chi connectivity index (χ3n) is 4.83. The number of aromatic hydroxyl groups is 1. The molecule has 3 heterocycles. The van der Waals surface area contributed by atoms with Gasteiger partial charge >= 0.3 is 0 Å². The molecule has 2 aliphatic rings. The molecule has 0 unspecified atom stereocenters. The van der Waals surface area contributed by atoms with E-state index in [1.807, 2.05) is 0 Å². The number of rotatable bonds is 7. The summed E-state index contributed by atoms with van der Waals surface area (Å²) in [6, 6.07) is 4.06. The first kappa shape index (κ1) is 17.7. The number of nitrogens with one attached hydrogen (secondary N) is 1. The topological polar surface area (TPSA) is 57.6 Å². The molecule has 0 bridgehead atoms. The summed E-state index contributed by atoms with van der Waals surface area (Å²) in [5.41, 5.74) is 2.24. The summed E-state index contributed by atoms with van der Waals surface area (Å²) in [4.78, 5) is 9.75. The third kappa shape index (κ3) is 3.70. The van der Waals surface area contributed by atoms with Crippen LogP contribution in [0.3, 0.4) is 0 Å². The number of nitrogens with zero attached hydrogens (tertiary/aromatic N) is 2. The Balaban J connectivity index is 1.61. The lowest BCUT2D eigenvalue weighted by Crippen LogP contribution is -2.31. The van der Waals surface area contributed by atoms with Gasteiger partial charge in [0.2, 0.25) is 5.75 Å². The standard InChI is InChI=1S/C19H23N3O2S2/c1-3-25-21-19-18(23)15(24-2)9-14(20-19)17-8-13-11-22(10-12-4-5-12)7-6-16(13)26-17/h3,8-9,12,23H,1,4-7,10-11H2,2H3,(H,20,21). The molecule has 138 valence electrons. The quantitative estimate of drug-likeness (QED) is 0.680. The second-order valence-electron chi connectivity index (χ2n) is 6.78. The molecule has 0 radical (unpaired) electrons. The van der Waals surface area contributed by atoms with E-state index in [0.29, 0.717) is 11.6 Å². The van der Waals surface area contributed by atoms with Gasteiger partial charge in [-0.25, -0.2) is 4.98 Å². The molecule has 26 heavy (non-hydrogen) atoms. The van der Waals surface area contributed by atoms with Crippen LogP contribution >= 0.6 is 23.3 Å². The average molecular weight is 390 g/mol. The number of hydrogen-bond acceptors (Lipinski definition) is 7. The Morgan fingerprint density at radius 2 is 2.35 bits per heavy atom. The Morgan fingerprint density at radius 1 is 1.50 bits per heavy atom. The molecule has 0 aromatic carbocycles. The van der Waals surface area contributed by atoms with Crippen molar-refractivity contribution in [1.29, 1.82) is 0 Å². The lowest BCUT2D eigenvalue weighted by molar-refractivity contribution is 0.246. The van der Waals surface area contributed by atoms with Crippen molar-refractivity contribution in [1.82, 2.24) is 9.88 Å². The van der Waals surface area contributed by atoms with Gasteiger partial charge in [0, 0.05) is 30.6 Å². The van der Waals surface area contributed by atoms with E-state index in [2.05, 4.69) is 27.3 Å². The first-order valence-electron chi connectivity index (χ1n) is 8.82. The Morgan fingerprint density at radius 3 is 3.08 bits per heavy atom. The van der Waals surface area contributed by atoms with Crippen molar-refractivity contribution in [2.75, 3.05) is 24.9 Å². The zero-order valence-corrected chi connectivity index (χ0v) is 16.5. The first-order valence-corrected chi connectivity index (χ1v) is 10.5. The fourth-order valence-electron chi connectivity index (χ4n) is 3.30. The van der Waals surface area contributed by atoms with Crippen molar-refractivity contribution in [2.45, 2.75) is 25.8 Å². The summed E-state index contributed by atoms with van der Waals surface area (Å²) in [6.07, 6.45) is 3.90. The van der Waals surface area contributed by atoms with Crippen LogP contribution in [0.4, 0.5) is 5.82 Å². The van der Waals surface area contributed by atoms with Crippen LogP contribution in [0.2, 0.25) is 0 Å². The van der Waals surface area contributed by atoms with Gasteiger partial charge in [-0.1, -0.05) is 6.58 Å². The van der Waals surface area contributed by atoms with E-state index in [9.17, 15) is 5.11 Å². The highest BCUT2D eigenvalue weighted by molar-refractivity contribution is 8.03. The molecule has 2 N–H and O–H groups in total. The normalized spacial score (nSPS) is 17.0. The minimum absolute atomic E-state index is 0.0162. The van der Waals surface area contributed by atoms with E-state index in [0.717, 1.165) is 36.0 Å². The van der Waals surface area contributed by atoms with Gasteiger partial charge in [-0.05, 0) is 54.2 Å². The van der Waals surface area contributed by atoms with Gasteiger partial charge in [0.05, 0.1) is 17.7 Å². The van der Waals surface area contributed by atoms with Crippen LogP contribution < -0.4 is 9.46 Å². The fraction of sp³-hybridized carbons (Fsp3) is 0.421. The lowest BCUT2D eigenvalue weighted by atomic mass is 10.1. The summed E-state index contributed by atoms with van der Waals surface area (Å²) in [7, 11) is 1.55. The molecule has 4 rings (SSSR count). The lowest BCUT2D eigenvalue weighted by Gasteiger charge is -2.26. The van der Waals surface area contributed by atoms with E-state index in [1.165, 1.54) is 41.8 Å². The largest absolute Gasteiger partial charge is 0.502 e. The maximum absolute atomic E-state index is 10.3. The number of anilines is 1. The van der Waals surface area contributed by atoms with Crippen molar-refractivity contribution < 1.29 is 9.84 Å². The molecule has 1 aliphatic heterocycles. The second kappa shape index (κ2) is 7.50. The van der Waals surface area contributed by atoms with Crippen molar-refractivity contribution in [3.63, 3.8) is 0 Å². The molecule has 0 spiro atoms. The summed E-state index contributed by atoms with van der Waals surface area (Å²) < 4.78 is 8.33. The molecule has 5 nitrogen and oxygen atoms in total. The van der Waals surface area contributed by atoms with Gasteiger partial charge in [-0.2, -0.15) is 0 Å². The van der Waals surface area contributed by atoms with Gasteiger partial charge in [-0.3, -0.25) is 4.90 Å². The highest BCUT2D eigenvalue weighted by atomic mass is 32.2. The molecular formula is C19H23N3O2S2. The van der Waals surface area contributed by atoms with E-state index in [4.69, 9.17) is 4.74 Å². The smallest absolute Gasteiger partial charge is 0.202 e. The van der Waals surface area contributed by atoms with Crippen LogP contribution in [0, 0.1) is 5.92 Å². The molecule has 1 aliphatic carbocycles. The molecule has 2 aromatic rings. The highest BCUT2D eigenvalue weighted by Gasteiger charge is 2.27. The molecule has 0 amide bonds. The number of aromatic nitrogens is 1. The number of methoxy groups -OCH3 is 1. The number of ether oxygens (including phenoxy) is 1. The van der Waals surface area contributed by atoms with Gasteiger partial charge < -0.3 is 14.6 Å². The average Bonchev–Trinajstić information content (AvgIpc) is 3.36. The Bertz CT molecular complexity index is 817. The van der Waals surface area contributed by atoms with Crippen molar-refractivity contribution in [2.24, 2.45) is 5.92 Å². The van der Waals surface area contributed by atoms with Gasteiger partial charge in [-0.15, -0.1) is 11.3 Å². The minimum atomic E-state index is 0.0162. The van der Waals surface area contributed by atoms with Crippen LogP contribution in [0.15, 0.2) is 24.1 Å². The van der Waals surface area contributed by atoms with Crippen LogP contribution in [-0.4, -0.2) is 35.2 Å². The summed E-state index contributed by atoms with van der Waals surface area (Å²) >= 11 is 3.07. The number of hydrogen-bond donors (Lipinski definition) is 2. The predicted octanol–water partition coefficient (Wildman–Crippen LogP) is 4.50. The van der Waals surface area contributed by atoms with E-state index < -0.39 is 0 Å². The molecule has 1 fully saturated rings. The van der Waals surface area contributed by atoms with Gasteiger partial charge in [0.1, 0.15) is 0 Å². The molecule has 2 aromatic heterocycles. The zero-order chi connectivity index (χ0) is 18.1. The van der Waals surface area contributed by atoms with Gasteiger partial charge in [0.15, 0.2) is 11.6 Å². The van der Waals surface area contributed by atoms with E-state index in [1.54, 1.807) is 29.9 Å². The Hall–Kier alpha value is -1.70. The number of fused-ring (bicyclic) bond motifs is 1. The Labute approximate surface area is 162 Å². The van der Waals surface area contributed by atoms with Crippen molar-refractivity contribution in [3.8, 4) is 22.1 Å². The SMILES string of the molecule is C=CSNc1nc(-c2cc3c(s2)CCN(CC2CC2)C3)cc(OC)c1O. The molecule has 0 saturated heterocycles. The predicted molar refractivity (Wildman–Crippen MR) is 109 cm³/mol. The van der Waals surface area contributed by atoms with Crippen LogP contribution in [-0.2, 0) is 13.0 Å². The van der Waals surface area contributed by atoms with Crippen LogP contribution in [0.5, 0.6) is 11.5 Å². The second-order valence-corrected chi connectivity index (χ2v) is 8.69. The molecular weight excluding hydrogens is 366 g/mol. The molecule has 0 atom stereocenters. The molecule has 1 saturated carbocycles. The van der Waals surface area contributed by atoms with Crippen molar-refractivity contribution >= 4 is 29.1 Å². The molecule has 7 heteroatoms. The Kier molecular flexibility index (Phi) is 5.11. The van der Waals surface area contributed by atoms with Crippen LogP contribution in [0.25, 0.3) is 10.6 Å². The number of pyridine rings is 1.